The molecule has 1 aromatic heterocycles. The summed E-state index contributed by atoms with van der Waals surface area (Å²) in [6.07, 6.45) is 7.84. The summed E-state index contributed by atoms with van der Waals surface area (Å²) in [5.41, 5.74) is 9.07. The quantitative estimate of drug-likeness (QED) is 0.878. The summed E-state index contributed by atoms with van der Waals surface area (Å²) in [4.78, 5) is 0. The van der Waals surface area contributed by atoms with Crippen LogP contribution < -0.4 is 5.73 Å². The van der Waals surface area contributed by atoms with Gasteiger partial charge in [0.25, 0.3) is 0 Å². The van der Waals surface area contributed by atoms with Gasteiger partial charge in [0.1, 0.15) is 0 Å². The number of benzene rings is 1. The van der Waals surface area contributed by atoms with Gasteiger partial charge in [0.15, 0.2) is 0 Å². The lowest BCUT2D eigenvalue weighted by molar-refractivity contribution is 0.219. The minimum Gasteiger partial charge on any atom is -0.347 e. The molecule has 1 heterocycles. The number of hydrogen-bond acceptors (Lipinski definition) is 1. The first-order valence-electron chi connectivity index (χ1n) is 8.54. The SMILES string of the molecule is CCn1cc(C(CN)C2CCCCC2C)c2ccccc21. The molecule has 1 aliphatic carbocycles. The highest BCUT2D eigenvalue weighted by Crippen LogP contribution is 2.41. The lowest BCUT2D eigenvalue weighted by atomic mass is 9.71. The van der Waals surface area contributed by atoms with Crippen molar-refractivity contribution in [2.45, 2.75) is 52.0 Å². The summed E-state index contributed by atoms with van der Waals surface area (Å²) in [7, 11) is 0. The summed E-state index contributed by atoms with van der Waals surface area (Å²) in [6.45, 7) is 6.44. The molecule has 2 heteroatoms. The normalized spacial score (nSPS) is 24.3. The van der Waals surface area contributed by atoms with Gasteiger partial charge >= 0.3 is 0 Å². The molecule has 3 unspecified atom stereocenters. The average molecular weight is 284 g/mol. The van der Waals surface area contributed by atoms with E-state index in [0.717, 1.165) is 24.9 Å². The Hall–Kier alpha value is -1.28. The Balaban J connectivity index is 2.04. The van der Waals surface area contributed by atoms with E-state index < -0.39 is 0 Å². The molecule has 1 fully saturated rings. The molecule has 3 rings (SSSR count). The van der Waals surface area contributed by atoms with Gasteiger partial charge < -0.3 is 10.3 Å². The highest BCUT2D eigenvalue weighted by atomic mass is 14.9. The lowest BCUT2D eigenvalue weighted by Crippen LogP contribution is -2.28. The van der Waals surface area contributed by atoms with Crippen molar-refractivity contribution < 1.29 is 0 Å². The maximum Gasteiger partial charge on any atom is 0.0483 e. The molecular formula is C19H28N2. The Morgan fingerprint density at radius 2 is 2.00 bits per heavy atom. The number of para-hydroxylation sites is 1. The highest BCUT2D eigenvalue weighted by Gasteiger charge is 2.31. The van der Waals surface area contributed by atoms with E-state index >= 15 is 0 Å². The smallest absolute Gasteiger partial charge is 0.0483 e. The van der Waals surface area contributed by atoms with Gasteiger partial charge in [-0.3, -0.25) is 0 Å². The molecule has 0 spiro atoms. The largest absolute Gasteiger partial charge is 0.347 e. The van der Waals surface area contributed by atoms with Crippen molar-refractivity contribution in [2.24, 2.45) is 17.6 Å². The molecule has 2 N–H and O–H groups in total. The van der Waals surface area contributed by atoms with E-state index in [4.69, 9.17) is 5.73 Å². The van der Waals surface area contributed by atoms with Crippen LogP contribution >= 0.6 is 0 Å². The number of fused-ring (bicyclic) bond motifs is 1. The van der Waals surface area contributed by atoms with E-state index in [1.54, 1.807) is 0 Å². The van der Waals surface area contributed by atoms with Gasteiger partial charge in [0.05, 0.1) is 0 Å². The third-order valence-corrected chi connectivity index (χ3v) is 5.51. The molecule has 2 aromatic rings. The molecule has 0 bridgehead atoms. The number of nitrogens with two attached hydrogens (primary N) is 1. The average Bonchev–Trinajstić information content (AvgIpc) is 2.89. The van der Waals surface area contributed by atoms with Gasteiger partial charge in [-0.25, -0.2) is 0 Å². The van der Waals surface area contributed by atoms with Crippen LogP contribution in [-0.2, 0) is 6.54 Å². The number of nitrogens with zero attached hydrogens (tertiary/aromatic N) is 1. The van der Waals surface area contributed by atoms with Crippen LogP contribution in [0.2, 0.25) is 0 Å². The molecule has 0 saturated heterocycles. The standard InChI is InChI=1S/C19H28N2/c1-3-21-13-18(16-10-6-7-11-19(16)21)17(12-20)15-9-5-4-8-14(15)2/h6-7,10-11,13-15,17H,3-5,8-9,12,20H2,1-2H3. The maximum absolute atomic E-state index is 6.23. The van der Waals surface area contributed by atoms with E-state index in [9.17, 15) is 0 Å². The first kappa shape index (κ1) is 14.6. The zero-order valence-electron chi connectivity index (χ0n) is 13.4. The van der Waals surface area contributed by atoms with E-state index in [0.29, 0.717) is 5.92 Å². The fraction of sp³-hybridized carbons (Fsp3) is 0.579. The molecule has 1 aliphatic rings. The second-order valence-electron chi connectivity index (χ2n) is 6.66. The maximum atomic E-state index is 6.23. The first-order chi connectivity index (χ1) is 10.3. The molecule has 0 radical (unpaired) electrons. The topological polar surface area (TPSA) is 30.9 Å². The zero-order valence-corrected chi connectivity index (χ0v) is 13.4. The molecule has 0 aliphatic heterocycles. The summed E-state index contributed by atoms with van der Waals surface area (Å²) in [5.74, 6) is 2.06. The minimum absolute atomic E-state index is 0.512. The second kappa shape index (κ2) is 6.23. The fourth-order valence-electron chi connectivity index (χ4n) is 4.31. The fourth-order valence-corrected chi connectivity index (χ4v) is 4.31. The van der Waals surface area contributed by atoms with Gasteiger partial charge in [-0.05, 0) is 43.4 Å². The number of aryl methyl sites for hydroxylation is 1. The minimum atomic E-state index is 0.512. The molecule has 2 nitrogen and oxygen atoms in total. The van der Waals surface area contributed by atoms with Crippen LogP contribution in [0, 0.1) is 11.8 Å². The molecule has 114 valence electrons. The molecule has 1 saturated carbocycles. The predicted octanol–water partition coefficient (Wildman–Crippen LogP) is 4.53. The van der Waals surface area contributed by atoms with Crippen LogP contribution in [0.4, 0.5) is 0 Å². The third-order valence-electron chi connectivity index (χ3n) is 5.51. The van der Waals surface area contributed by atoms with Gasteiger partial charge in [-0.2, -0.15) is 0 Å². The first-order valence-corrected chi connectivity index (χ1v) is 8.54. The monoisotopic (exact) mass is 284 g/mol. The Labute approximate surface area is 128 Å². The Morgan fingerprint density at radius 1 is 1.24 bits per heavy atom. The summed E-state index contributed by atoms with van der Waals surface area (Å²) in [6, 6.07) is 8.80. The van der Waals surface area contributed by atoms with E-state index in [-0.39, 0.29) is 0 Å². The zero-order chi connectivity index (χ0) is 14.8. The number of rotatable bonds is 4. The summed E-state index contributed by atoms with van der Waals surface area (Å²) in [5, 5.41) is 1.41. The van der Waals surface area contributed by atoms with Gasteiger partial charge in [-0.1, -0.05) is 44.4 Å². The summed E-state index contributed by atoms with van der Waals surface area (Å²) >= 11 is 0. The van der Waals surface area contributed by atoms with E-state index in [1.807, 2.05) is 0 Å². The number of hydrogen-bond donors (Lipinski definition) is 1. The Morgan fingerprint density at radius 3 is 2.71 bits per heavy atom. The van der Waals surface area contributed by atoms with Gasteiger partial charge in [-0.15, -0.1) is 0 Å². The lowest BCUT2D eigenvalue weighted by Gasteiger charge is -2.35. The molecule has 21 heavy (non-hydrogen) atoms. The van der Waals surface area contributed by atoms with Crippen molar-refractivity contribution in [3.05, 3.63) is 36.0 Å². The van der Waals surface area contributed by atoms with Gasteiger partial charge in [0.2, 0.25) is 0 Å². The Kier molecular flexibility index (Phi) is 4.34. The summed E-state index contributed by atoms with van der Waals surface area (Å²) < 4.78 is 2.38. The van der Waals surface area contributed by atoms with Gasteiger partial charge in [0, 0.05) is 29.6 Å². The van der Waals surface area contributed by atoms with Crippen LogP contribution in [0.3, 0.4) is 0 Å². The van der Waals surface area contributed by atoms with Crippen molar-refractivity contribution in [1.82, 2.24) is 4.57 Å². The van der Waals surface area contributed by atoms with Crippen LogP contribution in [0.15, 0.2) is 30.5 Å². The molecular weight excluding hydrogens is 256 g/mol. The predicted molar refractivity (Wildman–Crippen MR) is 90.5 cm³/mol. The molecule has 3 atom stereocenters. The van der Waals surface area contributed by atoms with Crippen molar-refractivity contribution in [3.63, 3.8) is 0 Å². The van der Waals surface area contributed by atoms with Crippen LogP contribution in [0.1, 0.15) is 51.0 Å². The van der Waals surface area contributed by atoms with Crippen molar-refractivity contribution >= 4 is 10.9 Å². The van der Waals surface area contributed by atoms with E-state index in [2.05, 4.69) is 48.9 Å². The second-order valence-corrected chi connectivity index (χ2v) is 6.66. The number of aromatic nitrogens is 1. The van der Waals surface area contributed by atoms with Crippen LogP contribution in [0.25, 0.3) is 10.9 Å². The molecule has 1 aromatic carbocycles. The molecule has 0 amide bonds. The van der Waals surface area contributed by atoms with Crippen molar-refractivity contribution in [1.29, 1.82) is 0 Å². The highest BCUT2D eigenvalue weighted by molar-refractivity contribution is 5.84. The van der Waals surface area contributed by atoms with E-state index in [1.165, 1.54) is 42.1 Å². The van der Waals surface area contributed by atoms with Crippen LogP contribution in [0.5, 0.6) is 0 Å². The van der Waals surface area contributed by atoms with Crippen molar-refractivity contribution in [2.75, 3.05) is 6.54 Å². The van der Waals surface area contributed by atoms with Crippen molar-refractivity contribution in [3.8, 4) is 0 Å². The third kappa shape index (κ3) is 2.62. The van der Waals surface area contributed by atoms with Crippen LogP contribution in [-0.4, -0.2) is 11.1 Å². The Bertz CT molecular complexity index is 599.